The highest BCUT2D eigenvalue weighted by atomic mass is 19.1. The summed E-state index contributed by atoms with van der Waals surface area (Å²) in [5.74, 6) is 0.758. The zero-order chi connectivity index (χ0) is 16.8. The second kappa shape index (κ2) is 5.62. The molecule has 2 aliphatic rings. The molecule has 4 nitrogen and oxygen atoms in total. The lowest BCUT2D eigenvalue weighted by molar-refractivity contribution is 0.00578. The van der Waals surface area contributed by atoms with Crippen LogP contribution in [0.5, 0.6) is 5.75 Å². The minimum atomic E-state index is -0.978. The van der Waals surface area contributed by atoms with E-state index in [0.29, 0.717) is 18.7 Å². The van der Waals surface area contributed by atoms with Crippen molar-refractivity contribution in [2.75, 3.05) is 13.7 Å². The van der Waals surface area contributed by atoms with Crippen LogP contribution in [-0.4, -0.2) is 32.0 Å². The third-order valence-electron chi connectivity index (χ3n) is 5.03. The number of benzene rings is 1. The van der Waals surface area contributed by atoms with E-state index < -0.39 is 18.3 Å². The Bertz CT molecular complexity index is 641. The van der Waals surface area contributed by atoms with Crippen LogP contribution in [0.1, 0.15) is 38.8 Å². The maximum atomic E-state index is 15.1. The fourth-order valence-electron chi connectivity index (χ4n) is 2.93. The lowest BCUT2D eigenvalue weighted by Crippen LogP contribution is -2.41. The lowest BCUT2D eigenvalue weighted by Gasteiger charge is -2.32. The predicted molar refractivity (Wildman–Crippen MR) is 88.8 cm³/mol. The van der Waals surface area contributed by atoms with E-state index in [1.54, 1.807) is 7.11 Å². The van der Waals surface area contributed by atoms with Crippen molar-refractivity contribution in [1.82, 2.24) is 5.32 Å². The van der Waals surface area contributed by atoms with Crippen LogP contribution in [0, 0.1) is 0 Å². The van der Waals surface area contributed by atoms with Crippen molar-refractivity contribution < 1.29 is 18.4 Å². The summed E-state index contributed by atoms with van der Waals surface area (Å²) in [6.45, 7) is 8.76. The molecule has 0 aromatic heterocycles. The average Bonchev–Trinajstić information content (AvgIpc) is 2.73. The highest BCUT2D eigenvalue weighted by Gasteiger charge is 2.53. The summed E-state index contributed by atoms with van der Waals surface area (Å²) >= 11 is 0. The zero-order valence-corrected chi connectivity index (χ0v) is 14.3. The van der Waals surface area contributed by atoms with Gasteiger partial charge >= 0.3 is 7.12 Å². The van der Waals surface area contributed by atoms with E-state index in [9.17, 15) is 0 Å². The molecule has 0 radical (unpaired) electrons. The number of hydrogen-bond acceptors (Lipinski definition) is 4. The van der Waals surface area contributed by atoms with Crippen LogP contribution >= 0.6 is 0 Å². The molecular weight excluding hydrogens is 296 g/mol. The molecule has 0 unspecified atom stereocenters. The minimum absolute atomic E-state index is 0.370. The quantitative estimate of drug-likeness (QED) is 0.850. The van der Waals surface area contributed by atoms with E-state index in [0.717, 1.165) is 16.9 Å². The molecule has 3 rings (SSSR count). The van der Waals surface area contributed by atoms with Gasteiger partial charge in [-0.15, -0.1) is 0 Å². The zero-order valence-electron chi connectivity index (χ0n) is 14.3. The Kier molecular flexibility index (Phi) is 4.03. The molecule has 124 valence electrons. The van der Waals surface area contributed by atoms with Gasteiger partial charge in [-0.05, 0) is 39.3 Å². The van der Waals surface area contributed by atoms with E-state index >= 15 is 4.39 Å². The highest BCUT2D eigenvalue weighted by Crippen LogP contribution is 2.41. The minimum Gasteiger partial charge on any atom is -0.496 e. The van der Waals surface area contributed by atoms with E-state index in [1.165, 1.54) is 0 Å². The Labute approximate surface area is 137 Å². The number of halogens is 1. The normalized spacial score (nSPS) is 24.3. The van der Waals surface area contributed by atoms with Gasteiger partial charge in [0.2, 0.25) is 0 Å². The summed E-state index contributed by atoms with van der Waals surface area (Å²) in [5.41, 5.74) is 0.899. The molecule has 2 heterocycles. The second-order valence-corrected chi connectivity index (χ2v) is 7.00. The summed E-state index contributed by atoms with van der Waals surface area (Å²) < 4.78 is 32.2. The Morgan fingerprint density at radius 1 is 1.17 bits per heavy atom. The smallest absolute Gasteiger partial charge is 0.496 e. The van der Waals surface area contributed by atoms with E-state index in [2.05, 4.69) is 5.32 Å². The summed E-state index contributed by atoms with van der Waals surface area (Å²) in [7, 11) is 0.645. The van der Waals surface area contributed by atoms with Gasteiger partial charge in [0.1, 0.15) is 11.5 Å². The maximum absolute atomic E-state index is 15.1. The first kappa shape index (κ1) is 16.5. The largest absolute Gasteiger partial charge is 0.525 e. The monoisotopic (exact) mass is 319 g/mol. The molecule has 1 saturated heterocycles. The molecular formula is C17H23BFNO3. The van der Waals surface area contributed by atoms with Crippen LogP contribution in [-0.2, 0) is 15.9 Å². The van der Waals surface area contributed by atoms with Crippen molar-refractivity contribution in [3.63, 3.8) is 0 Å². The molecule has 0 saturated carbocycles. The number of nitrogens with one attached hydrogen (secondary N) is 1. The molecule has 23 heavy (non-hydrogen) atoms. The van der Waals surface area contributed by atoms with Gasteiger partial charge in [0.15, 0.2) is 0 Å². The van der Waals surface area contributed by atoms with Gasteiger partial charge in [0.05, 0.1) is 18.3 Å². The van der Waals surface area contributed by atoms with Crippen molar-refractivity contribution >= 4 is 12.7 Å². The molecule has 0 aliphatic carbocycles. The third-order valence-corrected chi connectivity index (χ3v) is 5.03. The fourth-order valence-corrected chi connectivity index (χ4v) is 2.93. The van der Waals surface area contributed by atoms with Crippen LogP contribution in [0.3, 0.4) is 0 Å². The van der Waals surface area contributed by atoms with Gasteiger partial charge in [-0.3, -0.25) is 0 Å². The Hall–Kier alpha value is -1.37. The number of rotatable bonds is 2. The summed E-state index contributed by atoms with van der Waals surface area (Å²) in [6.07, 6.45) is 0. The van der Waals surface area contributed by atoms with Crippen LogP contribution in [0.25, 0.3) is 5.57 Å². The van der Waals surface area contributed by atoms with Gasteiger partial charge < -0.3 is 19.4 Å². The molecule has 6 heteroatoms. The molecule has 0 bridgehead atoms. The predicted octanol–water partition coefficient (Wildman–Crippen LogP) is 3.11. The summed E-state index contributed by atoms with van der Waals surface area (Å²) in [5, 5.41) is 3.22. The second-order valence-electron chi connectivity index (χ2n) is 7.00. The molecule has 0 atom stereocenters. The standard InChI is InChI=1S/C17H23BFNO3/c1-16(2)17(3,4)23-18(22-16)15(19)13-10-20-9-12-11(13)7-6-8-14(12)21-5/h6-8,20H,9-10H2,1-5H3. The van der Waals surface area contributed by atoms with Crippen molar-refractivity contribution in [3.05, 3.63) is 35.1 Å². The van der Waals surface area contributed by atoms with Crippen molar-refractivity contribution in [2.24, 2.45) is 0 Å². The lowest BCUT2D eigenvalue weighted by atomic mass is 9.80. The molecule has 1 fully saturated rings. The fraction of sp³-hybridized carbons (Fsp3) is 0.529. The van der Waals surface area contributed by atoms with E-state index in [1.807, 2.05) is 45.9 Å². The van der Waals surface area contributed by atoms with Gasteiger partial charge in [-0.25, -0.2) is 4.39 Å². The van der Waals surface area contributed by atoms with Crippen LogP contribution in [0.2, 0.25) is 0 Å². The van der Waals surface area contributed by atoms with Crippen LogP contribution in [0.4, 0.5) is 4.39 Å². The van der Waals surface area contributed by atoms with Gasteiger partial charge in [-0.2, -0.15) is 0 Å². The number of fused-ring (bicyclic) bond motifs is 1. The number of ether oxygens (including phenoxy) is 1. The Morgan fingerprint density at radius 2 is 1.83 bits per heavy atom. The maximum Gasteiger partial charge on any atom is 0.525 e. The molecule has 0 amide bonds. The van der Waals surface area contributed by atoms with E-state index in [4.69, 9.17) is 14.0 Å². The molecule has 2 aliphatic heterocycles. The van der Waals surface area contributed by atoms with Gasteiger partial charge in [0.25, 0.3) is 0 Å². The Morgan fingerprint density at radius 3 is 2.43 bits per heavy atom. The molecule has 1 aromatic rings. The number of methoxy groups -OCH3 is 1. The van der Waals surface area contributed by atoms with Crippen molar-refractivity contribution in [3.8, 4) is 5.75 Å². The molecule has 1 aromatic carbocycles. The van der Waals surface area contributed by atoms with Crippen molar-refractivity contribution in [2.45, 2.75) is 45.4 Å². The third kappa shape index (κ3) is 2.69. The van der Waals surface area contributed by atoms with Crippen molar-refractivity contribution in [1.29, 1.82) is 0 Å². The number of hydrogen-bond donors (Lipinski definition) is 1. The highest BCUT2D eigenvalue weighted by molar-refractivity contribution is 6.55. The van der Waals surface area contributed by atoms with Gasteiger partial charge in [0, 0.05) is 24.2 Å². The average molecular weight is 319 g/mol. The summed E-state index contributed by atoms with van der Waals surface area (Å²) in [6, 6.07) is 5.68. The van der Waals surface area contributed by atoms with Gasteiger partial charge in [-0.1, -0.05) is 12.1 Å². The van der Waals surface area contributed by atoms with Crippen LogP contribution in [0.15, 0.2) is 23.9 Å². The SMILES string of the molecule is COc1cccc2c1CNCC2=C(F)B1OC(C)(C)C(C)(C)O1. The topological polar surface area (TPSA) is 39.7 Å². The first-order valence-electron chi connectivity index (χ1n) is 7.88. The summed E-state index contributed by atoms with van der Waals surface area (Å²) in [4.78, 5) is 0. The Balaban J connectivity index is 2.01. The van der Waals surface area contributed by atoms with E-state index in [-0.39, 0.29) is 5.73 Å². The first-order valence-corrected chi connectivity index (χ1v) is 7.88. The first-order chi connectivity index (χ1) is 10.8. The molecule has 0 spiro atoms. The molecule has 1 N–H and O–H groups in total. The van der Waals surface area contributed by atoms with Crippen LogP contribution < -0.4 is 10.1 Å².